The van der Waals surface area contributed by atoms with E-state index >= 15 is 0 Å². The van der Waals surface area contributed by atoms with Gasteiger partial charge in [-0.3, -0.25) is 4.79 Å². The van der Waals surface area contributed by atoms with Gasteiger partial charge >= 0.3 is 0 Å². The van der Waals surface area contributed by atoms with Crippen LogP contribution in [0.3, 0.4) is 0 Å². The van der Waals surface area contributed by atoms with Crippen LogP contribution in [-0.2, 0) is 4.79 Å². The summed E-state index contributed by atoms with van der Waals surface area (Å²) in [6.07, 6.45) is 0. The molecular weight excluding hydrogens is 362 g/mol. The van der Waals surface area contributed by atoms with Gasteiger partial charge in [-0.25, -0.2) is 4.98 Å². The van der Waals surface area contributed by atoms with E-state index in [4.69, 9.17) is 14.5 Å². The number of benzene rings is 2. The van der Waals surface area contributed by atoms with E-state index in [1.807, 2.05) is 18.9 Å². The Balaban J connectivity index is 1.77. The summed E-state index contributed by atoms with van der Waals surface area (Å²) in [6, 6.07) is 9.45. The first kappa shape index (κ1) is 19.0. The van der Waals surface area contributed by atoms with E-state index in [0.29, 0.717) is 17.2 Å². The van der Waals surface area contributed by atoms with Crippen LogP contribution in [0.15, 0.2) is 30.3 Å². The Bertz CT molecular complexity index is 945. The van der Waals surface area contributed by atoms with Crippen molar-refractivity contribution < 1.29 is 14.3 Å². The Morgan fingerprint density at radius 3 is 2.56 bits per heavy atom. The molecule has 0 radical (unpaired) electrons. The number of fused-ring (bicyclic) bond motifs is 1. The number of nitrogens with one attached hydrogen (secondary N) is 1. The number of nitrogens with zero attached hydrogens (tertiary/aromatic N) is 2. The number of hydrogen-bond donors (Lipinski definition) is 1. The first-order chi connectivity index (χ1) is 12.9. The average molecular weight is 385 g/mol. The van der Waals surface area contributed by atoms with Crippen LogP contribution in [0.2, 0.25) is 0 Å². The molecule has 0 atom stereocenters. The molecule has 0 fully saturated rings. The number of aromatic nitrogens is 1. The third kappa shape index (κ3) is 3.98. The second-order valence-corrected chi connectivity index (χ2v) is 7.32. The molecule has 1 aromatic heterocycles. The molecule has 27 heavy (non-hydrogen) atoms. The van der Waals surface area contributed by atoms with Gasteiger partial charge in [-0.15, -0.1) is 0 Å². The number of carbonyl (C=O) groups is 1. The second kappa shape index (κ2) is 7.84. The Kier molecular flexibility index (Phi) is 5.51. The van der Waals surface area contributed by atoms with Crippen molar-refractivity contribution in [2.45, 2.75) is 13.8 Å². The zero-order valence-electron chi connectivity index (χ0n) is 16.1. The summed E-state index contributed by atoms with van der Waals surface area (Å²) in [5.74, 6) is 1.08. The Morgan fingerprint density at radius 2 is 1.89 bits per heavy atom. The number of aryl methyl sites for hydroxylation is 2. The van der Waals surface area contributed by atoms with Crippen LogP contribution < -0.4 is 19.7 Å². The number of hydrogen-bond acceptors (Lipinski definition) is 6. The largest absolute Gasteiger partial charge is 0.497 e. The molecule has 0 aliphatic heterocycles. The molecule has 1 N–H and O–H groups in total. The van der Waals surface area contributed by atoms with E-state index < -0.39 is 0 Å². The number of thiazole rings is 1. The highest BCUT2D eigenvalue weighted by Crippen LogP contribution is 2.33. The molecule has 2 aromatic carbocycles. The standard InChI is InChI=1S/C20H23N3O3S/c1-12-6-7-13(2)19-18(12)22-20(27-19)23(3)11-17(24)21-15-10-14(25-4)8-9-16(15)26-5/h6-10H,11H2,1-5H3,(H,21,24). The fraction of sp³-hybridized carbons (Fsp3) is 0.300. The second-order valence-electron chi connectivity index (χ2n) is 6.34. The summed E-state index contributed by atoms with van der Waals surface area (Å²) >= 11 is 1.60. The highest BCUT2D eigenvalue weighted by molar-refractivity contribution is 7.22. The predicted octanol–water partition coefficient (Wildman–Crippen LogP) is 4.01. The van der Waals surface area contributed by atoms with Crippen molar-refractivity contribution in [1.82, 2.24) is 4.98 Å². The molecule has 142 valence electrons. The molecular formula is C20H23N3O3S. The van der Waals surface area contributed by atoms with E-state index in [1.54, 1.807) is 43.8 Å². The Labute approximate surface area is 162 Å². The van der Waals surface area contributed by atoms with Crippen LogP contribution in [0.1, 0.15) is 11.1 Å². The highest BCUT2D eigenvalue weighted by atomic mass is 32.1. The molecule has 0 unspecified atom stereocenters. The lowest BCUT2D eigenvalue weighted by atomic mass is 10.1. The van der Waals surface area contributed by atoms with Crippen molar-refractivity contribution in [3.05, 3.63) is 41.5 Å². The van der Waals surface area contributed by atoms with E-state index in [9.17, 15) is 4.79 Å². The lowest BCUT2D eigenvalue weighted by Crippen LogP contribution is -2.30. The van der Waals surface area contributed by atoms with Gasteiger partial charge < -0.3 is 19.7 Å². The average Bonchev–Trinajstić information content (AvgIpc) is 3.11. The lowest BCUT2D eigenvalue weighted by molar-refractivity contribution is -0.114. The van der Waals surface area contributed by atoms with Gasteiger partial charge in [0.15, 0.2) is 5.13 Å². The first-order valence-corrected chi connectivity index (χ1v) is 9.34. The van der Waals surface area contributed by atoms with E-state index in [2.05, 4.69) is 24.4 Å². The predicted molar refractivity (Wildman–Crippen MR) is 111 cm³/mol. The van der Waals surface area contributed by atoms with Gasteiger partial charge in [0, 0.05) is 13.1 Å². The fourth-order valence-corrected chi connectivity index (χ4v) is 3.87. The van der Waals surface area contributed by atoms with Gasteiger partial charge in [0.1, 0.15) is 11.5 Å². The van der Waals surface area contributed by atoms with Gasteiger partial charge in [0.25, 0.3) is 0 Å². The zero-order chi connectivity index (χ0) is 19.6. The summed E-state index contributed by atoms with van der Waals surface area (Å²) in [7, 11) is 5.01. The summed E-state index contributed by atoms with van der Waals surface area (Å²) in [5, 5.41) is 3.70. The molecule has 0 aliphatic carbocycles. The third-order valence-electron chi connectivity index (χ3n) is 4.32. The molecule has 3 rings (SSSR count). The number of likely N-dealkylation sites (N-methyl/N-ethyl adjacent to an activating group) is 1. The van der Waals surface area contributed by atoms with Crippen LogP contribution in [0.4, 0.5) is 10.8 Å². The first-order valence-electron chi connectivity index (χ1n) is 8.52. The Morgan fingerprint density at radius 1 is 1.15 bits per heavy atom. The van der Waals surface area contributed by atoms with Crippen LogP contribution in [-0.4, -0.2) is 38.7 Å². The quantitative estimate of drug-likeness (QED) is 0.695. The number of anilines is 2. The smallest absolute Gasteiger partial charge is 0.244 e. The molecule has 1 heterocycles. The minimum absolute atomic E-state index is 0.156. The van der Waals surface area contributed by atoms with Crippen molar-refractivity contribution in [3.8, 4) is 11.5 Å². The summed E-state index contributed by atoms with van der Waals surface area (Å²) < 4.78 is 11.7. The molecule has 1 amide bonds. The van der Waals surface area contributed by atoms with Crippen LogP contribution in [0.5, 0.6) is 11.5 Å². The maximum absolute atomic E-state index is 12.5. The minimum atomic E-state index is -0.156. The van der Waals surface area contributed by atoms with Crippen molar-refractivity contribution >= 4 is 38.3 Å². The minimum Gasteiger partial charge on any atom is -0.497 e. The molecule has 0 bridgehead atoms. The molecule has 0 aliphatic rings. The monoisotopic (exact) mass is 385 g/mol. The number of methoxy groups -OCH3 is 2. The van der Waals surface area contributed by atoms with Crippen LogP contribution in [0.25, 0.3) is 10.2 Å². The lowest BCUT2D eigenvalue weighted by Gasteiger charge is -2.16. The topological polar surface area (TPSA) is 63.7 Å². The van der Waals surface area contributed by atoms with Crippen LogP contribution >= 0.6 is 11.3 Å². The molecule has 0 saturated heterocycles. The van der Waals surface area contributed by atoms with Crippen LogP contribution in [0, 0.1) is 13.8 Å². The van der Waals surface area contributed by atoms with Gasteiger partial charge in [0.05, 0.1) is 36.7 Å². The van der Waals surface area contributed by atoms with Gasteiger partial charge in [0.2, 0.25) is 5.91 Å². The molecule has 7 heteroatoms. The van der Waals surface area contributed by atoms with Crippen molar-refractivity contribution in [1.29, 1.82) is 0 Å². The summed E-state index contributed by atoms with van der Waals surface area (Å²) in [5.41, 5.74) is 3.90. The third-order valence-corrected chi connectivity index (χ3v) is 5.62. The molecule has 6 nitrogen and oxygen atoms in total. The molecule has 0 saturated carbocycles. The van der Waals surface area contributed by atoms with E-state index in [1.165, 1.54) is 5.56 Å². The SMILES string of the molecule is COc1ccc(OC)c(NC(=O)CN(C)c2nc3c(C)ccc(C)c3s2)c1. The normalized spacial score (nSPS) is 10.7. The molecule has 0 spiro atoms. The maximum Gasteiger partial charge on any atom is 0.244 e. The fourth-order valence-electron chi connectivity index (χ4n) is 2.80. The number of carbonyl (C=O) groups excluding carboxylic acids is 1. The number of amides is 1. The van der Waals surface area contributed by atoms with Crippen molar-refractivity contribution in [3.63, 3.8) is 0 Å². The number of ether oxygens (including phenoxy) is 2. The van der Waals surface area contributed by atoms with E-state index in [0.717, 1.165) is 20.9 Å². The maximum atomic E-state index is 12.5. The van der Waals surface area contributed by atoms with Crippen molar-refractivity contribution in [2.24, 2.45) is 0 Å². The highest BCUT2D eigenvalue weighted by Gasteiger charge is 2.16. The summed E-state index contributed by atoms with van der Waals surface area (Å²) in [4.78, 5) is 19.1. The zero-order valence-corrected chi connectivity index (χ0v) is 16.9. The number of rotatable bonds is 6. The van der Waals surface area contributed by atoms with Gasteiger partial charge in [-0.2, -0.15) is 0 Å². The van der Waals surface area contributed by atoms with Gasteiger partial charge in [-0.1, -0.05) is 23.5 Å². The van der Waals surface area contributed by atoms with E-state index in [-0.39, 0.29) is 12.5 Å². The van der Waals surface area contributed by atoms with Crippen molar-refractivity contribution in [2.75, 3.05) is 38.0 Å². The molecule has 3 aromatic rings. The Hall–Kier alpha value is -2.80. The van der Waals surface area contributed by atoms with Gasteiger partial charge in [-0.05, 0) is 37.1 Å². The summed E-state index contributed by atoms with van der Waals surface area (Å²) in [6.45, 7) is 4.30.